The van der Waals surface area contributed by atoms with Gasteiger partial charge in [-0.25, -0.2) is 22.4 Å². The van der Waals surface area contributed by atoms with E-state index in [4.69, 9.17) is 10.5 Å². The van der Waals surface area contributed by atoms with Crippen molar-refractivity contribution < 1.29 is 27.1 Å². The second-order valence-electron chi connectivity index (χ2n) is 6.29. The number of nitrogen functional groups attached to an aromatic ring is 1. The monoisotopic (exact) mass is 388 g/mol. The molecule has 148 valence electrons. The first-order valence-electron chi connectivity index (χ1n) is 7.69. The van der Waals surface area contributed by atoms with Gasteiger partial charge in [-0.1, -0.05) is 0 Å². The third-order valence-electron chi connectivity index (χ3n) is 2.69. The van der Waals surface area contributed by atoms with Gasteiger partial charge in [-0.05, 0) is 32.9 Å². The number of pyridine rings is 2. The van der Waals surface area contributed by atoms with Gasteiger partial charge in [0.15, 0.2) is 0 Å². The Hall–Kier alpha value is -2.91. The summed E-state index contributed by atoms with van der Waals surface area (Å²) in [4.78, 5) is 18.5. The molecule has 0 aliphatic heterocycles. The second-order valence-corrected chi connectivity index (χ2v) is 6.29. The lowest BCUT2D eigenvalue weighted by molar-refractivity contribution is 0.0635. The Balaban J connectivity index is 0.000000309. The summed E-state index contributed by atoms with van der Waals surface area (Å²) >= 11 is 0. The first-order valence-corrected chi connectivity index (χ1v) is 7.69. The van der Waals surface area contributed by atoms with Gasteiger partial charge in [0.25, 0.3) is 12.9 Å². The fourth-order valence-corrected chi connectivity index (χ4v) is 1.66. The zero-order valence-electron chi connectivity index (χ0n) is 14.9. The van der Waals surface area contributed by atoms with E-state index >= 15 is 0 Å². The van der Waals surface area contributed by atoms with E-state index < -0.39 is 24.5 Å². The maximum absolute atomic E-state index is 12.4. The van der Waals surface area contributed by atoms with Gasteiger partial charge in [0, 0.05) is 29.7 Å². The van der Waals surface area contributed by atoms with E-state index in [9.17, 15) is 22.4 Å². The molecule has 0 spiro atoms. The summed E-state index contributed by atoms with van der Waals surface area (Å²) in [6, 6.07) is 2.36. The lowest BCUT2D eigenvalue weighted by Gasteiger charge is -2.19. The molecule has 0 fully saturated rings. The molecule has 2 aromatic heterocycles. The lowest BCUT2D eigenvalue weighted by atomic mass is 10.2. The summed E-state index contributed by atoms with van der Waals surface area (Å²) in [7, 11) is 0. The molecule has 6 nitrogen and oxygen atoms in total. The van der Waals surface area contributed by atoms with E-state index in [0.717, 1.165) is 18.5 Å². The molecule has 0 aliphatic carbocycles. The maximum Gasteiger partial charge on any atom is 0.412 e. The molecule has 10 heteroatoms. The molecule has 0 bridgehead atoms. The molecule has 2 heterocycles. The summed E-state index contributed by atoms with van der Waals surface area (Å²) < 4.78 is 53.4. The molecule has 0 unspecified atom stereocenters. The highest BCUT2D eigenvalue weighted by Gasteiger charge is 2.17. The summed E-state index contributed by atoms with van der Waals surface area (Å²) in [6.07, 6.45) is -1.07. The van der Waals surface area contributed by atoms with E-state index in [1.807, 2.05) is 0 Å². The Morgan fingerprint density at radius 3 is 1.96 bits per heavy atom. The second kappa shape index (κ2) is 9.70. The number of amides is 1. The number of nitrogens with zero attached hydrogens (tertiary/aromatic N) is 2. The van der Waals surface area contributed by atoms with Crippen LogP contribution in [0.25, 0.3) is 0 Å². The molecule has 3 N–H and O–H groups in total. The molecule has 27 heavy (non-hydrogen) atoms. The number of halogens is 4. The van der Waals surface area contributed by atoms with Crippen LogP contribution in [0.2, 0.25) is 0 Å². The molecule has 2 rings (SSSR count). The van der Waals surface area contributed by atoms with Crippen molar-refractivity contribution in [1.29, 1.82) is 0 Å². The Kier molecular flexibility index (Phi) is 7.95. The number of hydrogen-bond donors (Lipinski definition) is 2. The van der Waals surface area contributed by atoms with Gasteiger partial charge in [-0.15, -0.1) is 0 Å². The number of nitrogens with two attached hydrogens (primary N) is 1. The number of alkyl halides is 4. The summed E-state index contributed by atoms with van der Waals surface area (Å²) in [5.41, 5.74) is 4.61. The Bertz CT molecular complexity index is 752. The smallest absolute Gasteiger partial charge is 0.412 e. The van der Waals surface area contributed by atoms with Crippen LogP contribution in [-0.2, 0) is 4.74 Å². The SMILES string of the molecule is CC(C)(C)OC(=O)Nc1cncc(C(F)F)c1.Nc1cncc(C(F)F)c1. The van der Waals surface area contributed by atoms with Crippen LogP contribution in [0.15, 0.2) is 36.9 Å². The van der Waals surface area contributed by atoms with Gasteiger partial charge < -0.3 is 10.5 Å². The van der Waals surface area contributed by atoms with Gasteiger partial charge in [-0.3, -0.25) is 15.3 Å². The van der Waals surface area contributed by atoms with E-state index in [1.165, 1.54) is 18.5 Å². The van der Waals surface area contributed by atoms with Gasteiger partial charge in [-0.2, -0.15) is 0 Å². The normalized spacial score (nSPS) is 11.0. The van der Waals surface area contributed by atoms with Crippen molar-refractivity contribution >= 4 is 17.5 Å². The predicted octanol–water partition coefficient (Wildman–Crippen LogP) is 4.97. The molecular weight excluding hydrogens is 368 g/mol. The van der Waals surface area contributed by atoms with Crippen LogP contribution in [0.1, 0.15) is 44.7 Å². The van der Waals surface area contributed by atoms with Crippen molar-refractivity contribution in [2.24, 2.45) is 0 Å². The number of nitrogens with one attached hydrogen (secondary N) is 1. The van der Waals surface area contributed by atoms with Crippen molar-refractivity contribution in [3.8, 4) is 0 Å². The van der Waals surface area contributed by atoms with Crippen molar-refractivity contribution in [1.82, 2.24) is 9.97 Å². The van der Waals surface area contributed by atoms with Crippen LogP contribution in [0.4, 0.5) is 33.7 Å². The highest BCUT2D eigenvalue weighted by atomic mass is 19.3. The molecule has 0 aliphatic rings. The fourth-order valence-electron chi connectivity index (χ4n) is 1.66. The van der Waals surface area contributed by atoms with Gasteiger partial charge in [0.2, 0.25) is 0 Å². The maximum atomic E-state index is 12.4. The fraction of sp³-hybridized carbons (Fsp3) is 0.353. The Morgan fingerprint density at radius 2 is 1.52 bits per heavy atom. The lowest BCUT2D eigenvalue weighted by Crippen LogP contribution is -2.27. The minimum Gasteiger partial charge on any atom is -0.444 e. The molecule has 1 amide bonds. The van der Waals surface area contributed by atoms with Crippen LogP contribution in [0.3, 0.4) is 0 Å². The Morgan fingerprint density at radius 1 is 1.00 bits per heavy atom. The number of aromatic nitrogens is 2. The minimum absolute atomic E-state index is 0.139. The molecule has 0 aromatic carbocycles. The van der Waals surface area contributed by atoms with E-state index in [2.05, 4.69) is 15.3 Å². The third kappa shape index (κ3) is 8.84. The van der Waals surface area contributed by atoms with Crippen LogP contribution in [0.5, 0.6) is 0 Å². The molecule has 0 saturated carbocycles. The predicted molar refractivity (Wildman–Crippen MR) is 92.7 cm³/mol. The summed E-state index contributed by atoms with van der Waals surface area (Å²) in [6.45, 7) is 5.13. The standard InChI is InChI=1S/C11H14F2N2O2.C6H6F2N2/c1-11(2,3)17-10(16)15-8-4-7(9(12)13)5-14-6-8;7-6(8)4-1-5(9)3-10-2-4/h4-6,9H,1-3H3,(H,15,16);1-3,6H,9H2. The average molecular weight is 388 g/mol. The zero-order valence-corrected chi connectivity index (χ0v) is 14.9. The first-order chi connectivity index (χ1) is 12.5. The topological polar surface area (TPSA) is 90.1 Å². The van der Waals surface area contributed by atoms with Crippen molar-refractivity contribution in [2.75, 3.05) is 11.1 Å². The van der Waals surface area contributed by atoms with Crippen LogP contribution >= 0.6 is 0 Å². The number of rotatable bonds is 3. The Labute approximate surface area is 153 Å². The number of carbonyl (C=O) groups excluding carboxylic acids is 1. The van der Waals surface area contributed by atoms with Crippen molar-refractivity contribution in [3.05, 3.63) is 48.0 Å². The summed E-state index contributed by atoms with van der Waals surface area (Å²) in [5, 5.41) is 2.34. The van der Waals surface area contributed by atoms with Gasteiger partial charge >= 0.3 is 6.09 Å². The molecule has 0 saturated heterocycles. The minimum atomic E-state index is -2.62. The average Bonchev–Trinajstić information content (AvgIpc) is 2.53. The molecule has 0 atom stereocenters. The zero-order chi connectivity index (χ0) is 20.6. The number of hydrogen-bond acceptors (Lipinski definition) is 5. The van der Waals surface area contributed by atoms with Crippen LogP contribution in [0, 0.1) is 0 Å². The number of ether oxygens (including phenoxy) is 1. The quantitative estimate of drug-likeness (QED) is 0.725. The summed E-state index contributed by atoms with van der Waals surface area (Å²) in [5.74, 6) is 0. The van der Waals surface area contributed by atoms with Crippen LogP contribution in [-0.4, -0.2) is 21.7 Å². The third-order valence-corrected chi connectivity index (χ3v) is 2.69. The van der Waals surface area contributed by atoms with E-state index in [-0.39, 0.29) is 22.5 Å². The highest BCUT2D eigenvalue weighted by Crippen LogP contribution is 2.21. The van der Waals surface area contributed by atoms with Gasteiger partial charge in [0.1, 0.15) is 5.60 Å². The largest absolute Gasteiger partial charge is 0.444 e. The number of anilines is 2. The molecule has 2 aromatic rings. The first kappa shape index (κ1) is 22.1. The van der Waals surface area contributed by atoms with E-state index in [0.29, 0.717) is 0 Å². The molecule has 0 radical (unpaired) electrons. The van der Waals surface area contributed by atoms with Crippen molar-refractivity contribution in [3.63, 3.8) is 0 Å². The highest BCUT2D eigenvalue weighted by molar-refractivity contribution is 5.84. The number of carbonyl (C=O) groups is 1. The van der Waals surface area contributed by atoms with E-state index in [1.54, 1.807) is 20.8 Å². The van der Waals surface area contributed by atoms with Gasteiger partial charge in [0.05, 0.1) is 17.6 Å². The van der Waals surface area contributed by atoms with Crippen molar-refractivity contribution in [2.45, 2.75) is 39.2 Å². The van der Waals surface area contributed by atoms with Crippen LogP contribution < -0.4 is 11.1 Å². The molecular formula is C17H20F4N4O2.